The van der Waals surface area contributed by atoms with Gasteiger partial charge in [0, 0.05) is 24.2 Å². The monoisotopic (exact) mass is 394 g/mol. The normalized spacial score (nSPS) is 19.1. The Morgan fingerprint density at radius 3 is 2.59 bits per heavy atom. The number of para-hydroxylation sites is 1. The van der Waals surface area contributed by atoms with Crippen molar-refractivity contribution < 1.29 is 14.3 Å². The van der Waals surface area contributed by atoms with Crippen LogP contribution in [0.2, 0.25) is 0 Å². The lowest BCUT2D eigenvalue weighted by Gasteiger charge is -2.41. The van der Waals surface area contributed by atoms with Crippen LogP contribution >= 0.6 is 0 Å². The van der Waals surface area contributed by atoms with Crippen LogP contribution in [0.25, 0.3) is 0 Å². The lowest BCUT2D eigenvalue weighted by atomic mass is 9.83. The van der Waals surface area contributed by atoms with E-state index in [1.807, 2.05) is 60.4 Å². The molecule has 154 valence electrons. The molecule has 2 unspecified atom stereocenters. The molecule has 0 bridgehead atoms. The Morgan fingerprint density at radius 2 is 1.90 bits per heavy atom. The average molecular weight is 395 g/mol. The summed E-state index contributed by atoms with van der Waals surface area (Å²) in [4.78, 5) is 28.0. The number of ether oxygens (including phenoxy) is 1. The standard InChI is InChI=1S/C24H30N2O3/c1-4-5-16-26-22(27)15-14-20(23(26)19-8-6-7-9-21(19)29-3)24(28)25-18-12-10-17(2)11-13-18/h6-13,20,23H,4-5,14-16H2,1-3H3,(H,25,28). The number of hydrogen-bond acceptors (Lipinski definition) is 3. The Labute approximate surface area is 173 Å². The van der Waals surface area contributed by atoms with Crippen molar-refractivity contribution >= 4 is 17.5 Å². The second kappa shape index (κ2) is 9.59. The summed E-state index contributed by atoms with van der Waals surface area (Å²) in [5.41, 5.74) is 2.81. The Morgan fingerprint density at radius 1 is 1.17 bits per heavy atom. The highest BCUT2D eigenvalue weighted by atomic mass is 16.5. The molecule has 5 heteroatoms. The Balaban J connectivity index is 1.94. The minimum absolute atomic E-state index is 0.0567. The molecule has 1 heterocycles. The molecule has 1 saturated heterocycles. The summed E-state index contributed by atoms with van der Waals surface area (Å²) < 4.78 is 5.58. The first kappa shape index (κ1) is 20.9. The van der Waals surface area contributed by atoms with Crippen LogP contribution in [0.4, 0.5) is 5.69 Å². The van der Waals surface area contributed by atoms with Crippen molar-refractivity contribution in [1.82, 2.24) is 4.90 Å². The number of benzene rings is 2. The first-order valence-corrected chi connectivity index (χ1v) is 10.3. The minimum Gasteiger partial charge on any atom is -0.496 e. The number of hydrogen-bond donors (Lipinski definition) is 1. The van der Waals surface area contributed by atoms with Gasteiger partial charge in [-0.15, -0.1) is 0 Å². The second-order valence-electron chi connectivity index (χ2n) is 7.63. The van der Waals surface area contributed by atoms with Gasteiger partial charge in [-0.2, -0.15) is 0 Å². The second-order valence-corrected chi connectivity index (χ2v) is 7.63. The first-order valence-electron chi connectivity index (χ1n) is 10.3. The molecule has 1 fully saturated rings. The smallest absolute Gasteiger partial charge is 0.229 e. The summed E-state index contributed by atoms with van der Waals surface area (Å²) >= 11 is 0. The van der Waals surface area contributed by atoms with E-state index in [1.165, 1.54) is 0 Å². The number of aryl methyl sites for hydroxylation is 1. The van der Waals surface area contributed by atoms with E-state index in [-0.39, 0.29) is 23.8 Å². The van der Waals surface area contributed by atoms with Crippen LogP contribution in [0.1, 0.15) is 49.8 Å². The predicted octanol–water partition coefficient (Wildman–Crippen LogP) is 4.72. The summed E-state index contributed by atoms with van der Waals surface area (Å²) in [6.07, 6.45) is 2.82. The van der Waals surface area contributed by atoms with E-state index in [0.29, 0.717) is 25.1 Å². The average Bonchev–Trinajstić information content (AvgIpc) is 2.74. The molecule has 2 aromatic carbocycles. The molecule has 1 aliphatic heterocycles. The lowest BCUT2D eigenvalue weighted by molar-refractivity contribution is -0.142. The van der Waals surface area contributed by atoms with Crippen LogP contribution in [-0.4, -0.2) is 30.4 Å². The minimum atomic E-state index is -0.331. The molecule has 1 aliphatic rings. The third kappa shape index (κ3) is 4.78. The summed E-state index contributed by atoms with van der Waals surface area (Å²) in [7, 11) is 1.63. The summed E-state index contributed by atoms with van der Waals surface area (Å²) in [5, 5.41) is 3.05. The topological polar surface area (TPSA) is 58.6 Å². The quantitative estimate of drug-likeness (QED) is 0.739. The summed E-state index contributed by atoms with van der Waals surface area (Å²) in [6.45, 7) is 4.77. The molecule has 0 saturated carbocycles. The molecule has 3 rings (SSSR count). The highest BCUT2D eigenvalue weighted by Crippen LogP contribution is 2.41. The van der Waals surface area contributed by atoms with Gasteiger partial charge in [0.1, 0.15) is 5.75 Å². The van der Waals surface area contributed by atoms with E-state index >= 15 is 0 Å². The van der Waals surface area contributed by atoms with Crippen molar-refractivity contribution in [2.24, 2.45) is 5.92 Å². The number of anilines is 1. The maximum Gasteiger partial charge on any atom is 0.229 e. The Bertz CT molecular complexity index is 847. The van der Waals surface area contributed by atoms with Gasteiger partial charge in [0.15, 0.2) is 0 Å². The summed E-state index contributed by atoms with van der Waals surface area (Å²) in [5.74, 6) is 0.427. The van der Waals surface area contributed by atoms with Crippen LogP contribution in [0, 0.1) is 12.8 Å². The number of likely N-dealkylation sites (tertiary alicyclic amines) is 1. The fraction of sp³-hybridized carbons (Fsp3) is 0.417. The Kier molecular flexibility index (Phi) is 6.91. The number of rotatable bonds is 7. The SMILES string of the molecule is CCCCN1C(=O)CCC(C(=O)Nc2ccc(C)cc2)C1c1ccccc1OC. The maximum absolute atomic E-state index is 13.3. The molecule has 2 aromatic rings. The number of carbonyl (C=O) groups is 2. The highest BCUT2D eigenvalue weighted by Gasteiger charge is 2.41. The molecular weight excluding hydrogens is 364 g/mol. The third-order valence-electron chi connectivity index (χ3n) is 5.57. The molecule has 29 heavy (non-hydrogen) atoms. The van der Waals surface area contributed by atoms with Gasteiger partial charge in [-0.3, -0.25) is 9.59 Å². The number of methoxy groups -OCH3 is 1. The van der Waals surface area contributed by atoms with Gasteiger partial charge in [-0.25, -0.2) is 0 Å². The number of carbonyl (C=O) groups excluding carboxylic acids is 2. The molecule has 2 amide bonds. The van der Waals surface area contributed by atoms with E-state index in [2.05, 4.69) is 12.2 Å². The zero-order valence-corrected chi connectivity index (χ0v) is 17.5. The molecule has 0 radical (unpaired) electrons. The molecular formula is C24H30N2O3. The van der Waals surface area contributed by atoms with E-state index in [9.17, 15) is 9.59 Å². The fourth-order valence-electron chi connectivity index (χ4n) is 3.99. The van der Waals surface area contributed by atoms with Gasteiger partial charge < -0.3 is 15.0 Å². The van der Waals surface area contributed by atoms with Gasteiger partial charge in [-0.1, -0.05) is 49.2 Å². The van der Waals surface area contributed by atoms with Crippen molar-refractivity contribution in [2.75, 3.05) is 19.0 Å². The first-order chi connectivity index (χ1) is 14.0. The van der Waals surface area contributed by atoms with Crippen molar-refractivity contribution in [2.45, 2.75) is 45.6 Å². The van der Waals surface area contributed by atoms with Crippen molar-refractivity contribution in [3.63, 3.8) is 0 Å². The molecule has 2 atom stereocenters. The van der Waals surface area contributed by atoms with Crippen LogP contribution < -0.4 is 10.1 Å². The number of unbranched alkanes of at least 4 members (excludes halogenated alkanes) is 1. The number of piperidine rings is 1. The van der Waals surface area contributed by atoms with Gasteiger partial charge >= 0.3 is 0 Å². The largest absolute Gasteiger partial charge is 0.496 e. The van der Waals surface area contributed by atoms with Gasteiger partial charge in [-0.05, 0) is 38.0 Å². The molecule has 0 aromatic heterocycles. The molecule has 1 N–H and O–H groups in total. The summed E-state index contributed by atoms with van der Waals surface area (Å²) in [6, 6.07) is 15.1. The van der Waals surface area contributed by atoms with E-state index in [1.54, 1.807) is 7.11 Å². The maximum atomic E-state index is 13.3. The third-order valence-corrected chi connectivity index (χ3v) is 5.57. The number of nitrogens with one attached hydrogen (secondary N) is 1. The number of amides is 2. The van der Waals surface area contributed by atoms with E-state index in [0.717, 1.165) is 29.7 Å². The Hall–Kier alpha value is -2.82. The van der Waals surface area contributed by atoms with Crippen LogP contribution in [0.15, 0.2) is 48.5 Å². The lowest BCUT2D eigenvalue weighted by Crippen LogP contribution is -2.47. The zero-order valence-electron chi connectivity index (χ0n) is 17.5. The van der Waals surface area contributed by atoms with Gasteiger partial charge in [0.2, 0.25) is 11.8 Å². The molecule has 5 nitrogen and oxygen atoms in total. The zero-order chi connectivity index (χ0) is 20.8. The van der Waals surface area contributed by atoms with E-state index in [4.69, 9.17) is 4.74 Å². The number of nitrogens with zero attached hydrogens (tertiary/aromatic N) is 1. The molecule has 0 aliphatic carbocycles. The van der Waals surface area contributed by atoms with Crippen LogP contribution in [-0.2, 0) is 9.59 Å². The van der Waals surface area contributed by atoms with Crippen LogP contribution in [0.3, 0.4) is 0 Å². The van der Waals surface area contributed by atoms with E-state index < -0.39 is 0 Å². The van der Waals surface area contributed by atoms with Gasteiger partial charge in [0.25, 0.3) is 0 Å². The highest BCUT2D eigenvalue weighted by molar-refractivity contribution is 5.94. The predicted molar refractivity (Wildman–Crippen MR) is 115 cm³/mol. The molecule has 0 spiro atoms. The van der Waals surface area contributed by atoms with Crippen molar-refractivity contribution in [1.29, 1.82) is 0 Å². The van der Waals surface area contributed by atoms with Crippen molar-refractivity contribution in [3.05, 3.63) is 59.7 Å². The van der Waals surface area contributed by atoms with Crippen molar-refractivity contribution in [3.8, 4) is 5.75 Å². The van der Waals surface area contributed by atoms with Gasteiger partial charge in [0.05, 0.1) is 19.1 Å². The fourth-order valence-corrected chi connectivity index (χ4v) is 3.99. The van der Waals surface area contributed by atoms with Crippen LogP contribution in [0.5, 0.6) is 5.75 Å².